The zero-order chi connectivity index (χ0) is 19.0. The van der Waals surface area contributed by atoms with Crippen molar-refractivity contribution >= 4 is 26.8 Å². The number of fused-ring (bicyclic) bond motifs is 1. The number of hydrogen-bond acceptors (Lipinski definition) is 6. The van der Waals surface area contributed by atoms with Crippen LogP contribution in [0.25, 0.3) is 11.1 Å². The van der Waals surface area contributed by atoms with Crippen LogP contribution < -0.4 is 0 Å². The molecule has 4 rings (SSSR count). The van der Waals surface area contributed by atoms with Crippen LogP contribution in [-0.2, 0) is 9.84 Å². The number of oxazole rings is 1. The number of aromatic nitrogens is 2. The standard InChI is InChI=1S/C19H19N3O4S/c1-2-27(24,25)15-3-4-17-16(11-15)21-18(26-17)14-7-10-22(12-14)19(23)13-5-8-20-9-6-13/h3-6,8-9,11,14H,2,7,10,12H2,1H3. The van der Waals surface area contributed by atoms with E-state index in [9.17, 15) is 13.2 Å². The van der Waals surface area contributed by atoms with Gasteiger partial charge in [0.05, 0.1) is 16.6 Å². The molecule has 1 saturated heterocycles. The number of carbonyl (C=O) groups excluding carboxylic acids is 1. The second kappa shape index (κ2) is 6.77. The smallest absolute Gasteiger partial charge is 0.253 e. The van der Waals surface area contributed by atoms with E-state index in [0.29, 0.717) is 35.6 Å². The Hall–Kier alpha value is -2.74. The quantitative estimate of drug-likeness (QED) is 0.685. The van der Waals surface area contributed by atoms with Crippen LogP contribution in [0.1, 0.15) is 35.5 Å². The summed E-state index contributed by atoms with van der Waals surface area (Å²) in [7, 11) is -3.29. The number of amides is 1. The lowest BCUT2D eigenvalue weighted by Crippen LogP contribution is -2.28. The van der Waals surface area contributed by atoms with Gasteiger partial charge in [-0.1, -0.05) is 6.92 Å². The Morgan fingerprint density at radius 1 is 1.26 bits per heavy atom. The predicted molar refractivity (Wildman–Crippen MR) is 99.2 cm³/mol. The van der Waals surface area contributed by atoms with Gasteiger partial charge in [-0.05, 0) is 36.8 Å². The Bertz CT molecular complexity index is 1090. The van der Waals surface area contributed by atoms with Gasteiger partial charge >= 0.3 is 0 Å². The molecule has 7 nitrogen and oxygen atoms in total. The Kier molecular flexibility index (Phi) is 4.43. The number of carbonyl (C=O) groups is 1. The Balaban J connectivity index is 1.56. The van der Waals surface area contributed by atoms with Crippen molar-refractivity contribution in [3.05, 3.63) is 54.2 Å². The van der Waals surface area contributed by atoms with Gasteiger partial charge in [0.2, 0.25) is 0 Å². The summed E-state index contributed by atoms with van der Waals surface area (Å²) < 4.78 is 29.9. The normalized spacial score (nSPS) is 17.5. The highest BCUT2D eigenvalue weighted by Crippen LogP contribution is 2.31. The molecule has 1 atom stereocenters. The van der Waals surface area contributed by atoms with Crippen molar-refractivity contribution < 1.29 is 17.6 Å². The topological polar surface area (TPSA) is 93.4 Å². The molecular weight excluding hydrogens is 366 g/mol. The zero-order valence-corrected chi connectivity index (χ0v) is 15.6. The van der Waals surface area contributed by atoms with Crippen molar-refractivity contribution in [3.63, 3.8) is 0 Å². The number of nitrogens with zero attached hydrogens (tertiary/aromatic N) is 3. The van der Waals surface area contributed by atoms with E-state index in [1.807, 2.05) is 0 Å². The highest BCUT2D eigenvalue weighted by molar-refractivity contribution is 7.91. The Labute approximate surface area is 156 Å². The summed E-state index contributed by atoms with van der Waals surface area (Å²) in [6.07, 6.45) is 3.96. The third-order valence-corrected chi connectivity index (χ3v) is 6.60. The molecule has 0 aliphatic carbocycles. The number of hydrogen-bond donors (Lipinski definition) is 0. The van der Waals surface area contributed by atoms with E-state index in [-0.39, 0.29) is 22.5 Å². The molecule has 1 aromatic carbocycles. The van der Waals surface area contributed by atoms with Gasteiger partial charge < -0.3 is 9.32 Å². The first-order chi connectivity index (χ1) is 13.0. The molecule has 0 radical (unpaired) electrons. The number of benzene rings is 1. The maximum atomic E-state index is 12.6. The average Bonchev–Trinajstić information content (AvgIpc) is 3.34. The van der Waals surface area contributed by atoms with Crippen LogP contribution >= 0.6 is 0 Å². The molecule has 8 heteroatoms. The number of rotatable bonds is 4. The summed E-state index contributed by atoms with van der Waals surface area (Å²) in [5, 5.41) is 0. The predicted octanol–water partition coefficient (Wildman–Crippen LogP) is 2.65. The maximum Gasteiger partial charge on any atom is 0.253 e. The molecule has 27 heavy (non-hydrogen) atoms. The fourth-order valence-corrected chi connectivity index (χ4v) is 4.18. The molecule has 140 valence electrons. The Morgan fingerprint density at radius 3 is 2.78 bits per heavy atom. The van der Waals surface area contributed by atoms with Crippen LogP contribution in [0.5, 0.6) is 0 Å². The van der Waals surface area contributed by atoms with E-state index >= 15 is 0 Å². The zero-order valence-electron chi connectivity index (χ0n) is 14.8. The molecule has 0 N–H and O–H groups in total. The largest absolute Gasteiger partial charge is 0.440 e. The van der Waals surface area contributed by atoms with Gasteiger partial charge in [-0.3, -0.25) is 9.78 Å². The van der Waals surface area contributed by atoms with E-state index in [4.69, 9.17) is 4.42 Å². The lowest BCUT2D eigenvalue weighted by Gasteiger charge is -2.15. The SMILES string of the molecule is CCS(=O)(=O)c1ccc2oc(C3CCN(C(=O)c4ccncc4)C3)nc2c1. The third-order valence-electron chi connectivity index (χ3n) is 4.87. The van der Waals surface area contributed by atoms with Crippen LogP contribution in [0.3, 0.4) is 0 Å². The third kappa shape index (κ3) is 3.32. The first-order valence-electron chi connectivity index (χ1n) is 8.80. The molecular formula is C19H19N3O4S. The van der Waals surface area contributed by atoms with Crippen molar-refractivity contribution in [2.45, 2.75) is 24.2 Å². The molecule has 1 aliphatic heterocycles. The highest BCUT2D eigenvalue weighted by Gasteiger charge is 2.31. The fraction of sp³-hybridized carbons (Fsp3) is 0.316. The van der Waals surface area contributed by atoms with Gasteiger partial charge in [-0.15, -0.1) is 0 Å². The van der Waals surface area contributed by atoms with Crippen LogP contribution in [0.4, 0.5) is 0 Å². The highest BCUT2D eigenvalue weighted by atomic mass is 32.2. The summed E-state index contributed by atoms with van der Waals surface area (Å²) in [5.74, 6) is 0.542. The lowest BCUT2D eigenvalue weighted by atomic mass is 10.1. The summed E-state index contributed by atoms with van der Waals surface area (Å²) >= 11 is 0. The molecule has 2 aromatic heterocycles. The maximum absolute atomic E-state index is 12.6. The van der Waals surface area contributed by atoms with Gasteiger partial charge in [0, 0.05) is 31.0 Å². The molecule has 1 fully saturated rings. The van der Waals surface area contributed by atoms with E-state index in [1.54, 1.807) is 54.5 Å². The van der Waals surface area contributed by atoms with Crippen LogP contribution in [0.2, 0.25) is 0 Å². The minimum absolute atomic E-state index is 0.00517. The molecule has 3 aromatic rings. The van der Waals surface area contributed by atoms with Crippen molar-refractivity contribution in [1.29, 1.82) is 0 Å². The van der Waals surface area contributed by atoms with Crippen molar-refractivity contribution in [3.8, 4) is 0 Å². The summed E-state index contributed by atoms with van der Waals surface area (Å²) in [5.41, 5.74) is 1.69. The van der Waals surface area contributed by atoms with Crippen LogP contribution in [-0.4, -0.2) is 48.0 Å². The van der Waals surface area contributed by atoms with Gasteiger partial charge in [-0.2, -0.15) is 0 Å². The van der Waals surface area contributed by atoms with Gasteiger partial charge in [-0.25, -0.2) is 13.4 Å². The minimum Gasteiger partial charge on any atom is -0.440 e. The van der Waals surface area contributed by atoms with Crippen molar-refractivity contribution in [2.24, 2.45) is 0 Å². The number of sulfone groups is 1. The monoisotopic (exact) mass is 385 g/mol. The van der Waals surface area contributed by atoms with Gasteiger partial charge in [0.15, 0.2) is 21.3 Å². The van der Waals surface area contributed by atoms with E-state index in [1.165, 1.54) is 0 Å². The lowest BCUT2D eigenvalue weighted by molar-refractivity contribution is 0.0790. The average molecular weight is 385 g/mol. The second-order valence-electron chi connectivity index (χ2n) is 6.56. The summed E-state index contributed by atoms with van der Waals surface area (Å²) in [4.78, 5) is 23.0. The first kappa shape index (κ1) is 17.7. The first-order valence-corrected chi connectivity index (χ1v) is 10.5. The second-order valence-corrected chi connectivity index (χ2v) is 8.84. The molecule has 0 spiro atoms. The van der Waals surface area contributed by atoms with Crippen molar-refractivity contribution in [2.75, 3.05) is 18.8 Å². The molecule has 0 saturated carbocycles. The van der Waals surface area contributed by atoms with Gasteiger partial charge in [0.1, 0.15) is 5.52 Å². The molecule has 0 bridgehead atoms. The Morgan fingerprint density at radius 2 is 2.04 bits per heavy atom. The van der Waals surface area contributed by atoms with Gasteiger partial charge in [0.25, 0.3) is 5.91 Å². The molecule has 1 unspecified atom stereocenters. The van der Waals surface area contributed by atoms with Crippen LogP contribution in [0, 0.1) is 0 Å². The summed E-state index contributed by atoms with van der Waals surface area (Å²) in [6, 6.07) is 8.14. The van der Waals surface area contributed by atoms with E-state index in [2.05, 4.69) is 9.97 Å². The van der Waals surface area contributed by atoms with E-state index < -0.39 is 9.84 Å². The van der Waals surface area contributed by atoms with Crippen molar-refractivity contribution in [1.82, 2.24) is 14.9 Å². The molecule has 3 heterocycles. The number of pyridine rings is 1. The minimum atomic E-state index is -3.29. The summed E-state index contributed by atoms with van der Waals surface area (Å²) in [6.45, 7) is 2.76. The number of likely N-dealkylation sites (tertiary alicyclic amines) is 1. The molecule has 1 aliphatic rings. The van der Waals surface area contributed by atoms with E-state index in [0.717, 1.165) is 6.42 Å². The molecule has 1 amide bonds. The fourth-order valence-electron chi connectivity index (χ4n) is 3.28. The van der Waals surface area contributed by atoms with Crippen LogP contribution in [0.15, 0.2) is 52.0 Å².